The van der Waals surface area contributed by atoms with Gasteiger partial charge < -0.3 is 19.9 Å². The summed E-state index contributed by atoms with van der Waals surface area (Å²) in [6, 6.07) is 2.23. The van der Waals surface area contributed by atoms with Crippen LogP contribution in [-0.2, 0) is 4.79 Å². The molecule has 2 N–H and O–H groups in total. The molecule has 1 aromatic carbocycles. The van der Waals surface area contributed by atoms with Crippen molar-refractivity contribution in [3.05, 3.63) is 23.3 Å². The summed E-state index contributed by atoms with van der Waals surface area (Å²) in [4.78, 5) is 22.7. The maximum absolute atomic E-state index is 12.0. The Hall–Kier alpha value is -2.24. The van der Waals surface area contributed by atoms with Gasteiger partial charge in [-0.05, 0) is 31.5 Å². The van der Waals surface area contributed by atoms with Gasteiger partial charge >= 0.3 is 5.97 Å². The smallest absolute Gasteiger partial charge is 0.325 e. The first-order valence-corrected chi connectivity index (χ1v) is 5.67. The quantitative estimate of drug-likeness (QED) is 0.837. The Kier molecular flexibility index (Phi) is 4.74. The van der Waals surface area contributed by atoms with Gasteiger partial charge in [0, 0.05) is 5.56 Å². The summed E-state index contributed by atoms with van der Waals surface area (Å²) < 4.78 is 10.2. The van der Waals surface area contributed by atoms with Crippen molar-refractivity contribution in [2.75, 3.05) is 14.2 Å². The Bertz CT molecular complexity index is 498. The number of amides is 1. The van der Waals surface area contributed by atoms with Gasteiger partial charge in [-0.1, -0.05) is 0 Å². The molecule has 6 heteroatoms. The lowest BCUT2D eigenvalue weighted by molar-refractivity contribution is -0.138. The van der Waals surface area contributed by atoms with Crippen molar-refractivity contribution in [2.45, 2.75) is 19.9 Å². The highest BCUT2D eigenvalue weighted by Crippen LogP contribution is 2.30. The van der Waals surface area contributed by atoms with E-state index in [1.165, 1.54) is 27.2 Å². The predicted octanol–water partition coefficient (Wildman–Crippen LogP) is 1.22. The van der Waals surface area contributed by atoms with Gasteiger partial charge in [0.15, 0.2) is 11.5 Å². The number of hydrogen-bond acceptors (Lipinski definition) is 4. The van der Waals surface area contributed by atoms with Gasteiger partial charge in [0.1, 0.15) is 6.04 Å². The predicted molar refractivity (Wildman–Crippen MR) is 68.8 cm³/mol. The van der Waals surface area contributed by atoms with Crippen molar-refractivity contribution in [2.24, 2.45) is 0 Å². The van der Waals surface area contributed by atoms with Crippen LogP contribution in [0.2, 0.25) is 0 Å². The molecule has 1 rings (SSSR count). The second-order valence-corrected chi connectivity index (χ2v) is 4.06. The minimum absolute atomic E-state index is 0.353. The lowest BCUT2D eigenvalue weighted by Gasteiger charge is -2.14. The number of ether oxygens (including phenoxy) is 2. The van der Waals surface area contributed by atoms with Crippen LogP contribution in [0.15, 0.2) is 12.1 Å². The molecule has 0 fully saturated rings. The SMILES string of the molecule is COc1cc(C)c(C(=O)NC(C)C(=O)O)cc1OC. The molecule has 1 atom stereocenters. The van der Waals surface area contributed by atoms with Crippen LogP contribution in [0.25, 0.3) is 0 Å². The number of hydrogen-bond donors (Lipinski definition) is 2. The summed E-state index contributed by atoms with van der Waals surface area (Å²) in [5.41, 5.74) is 1.03. The molecule has 1 aromatic rings. The average molecular weight is 267 g/mol. The molecule has 0 heterocycles. The highest BCUT2D eigenvalue weighted by atomic mass is 16.5. The van der Waals surface area contributed by atoms with Gasteiger partial charge in [-0.2, -0.15) is 0 Å². The van der Waals surface area contributed by atoms with Crippen LogP contribution in [0.1, 0.15) is 22.8 Å². The molecule has 0 spiro atoms. The minimum atomic E-state index is -1.09. The van der Waals surface area contributed by atoms with E-state index in [-0.39, 0.29) is 0 Å². The summed E-state index contributed by atoms with van der Waals surface area (Å²) in [7, 11) is 2.97. The summed E-state index contributed by atoms with van der Waals surface area (Å²) >= 11 is 0. The number of aliphatic carboxylic acids is 1. The first-order valence-electron chi connectivity index (χ1n) is 5.67. The largest absolute Gasteiger partial charge is 0.493 e. The van der Waals surface area contributed by atoms with E-state index < -0.39 is 17.9 Å². The zero-order valence-corrected chi connectivity index (χ0v) is 11.3. The third-order valence-corrected chi connectivity index (χ3v) is 2.69. The Labute approximate surface area is 111 Å². The fourth-order valence-corrected chi connectivity index (χ4v) is 1.56. The van der Waals surface area contributed by atoms with Crippen LogP contribution in [0, 0.1) is 6.92 Å². The summed E-state index contributed by atoms with van der Waals surface area (Å²) in [6.45, 7) is 3.14. The second-order valence-electron chi connectivity index (χ2n) is 4.06. The molecule has 0 saturated heterocycles. The molecule has 0 radical (unpaired) electrons. The molecule has 0 bridgehead atoms. The minimum Gasteiger partial charge on any atom is -0.493 e. The molecule has 0 aliphatic heterocycles. The summed E-state index contributed by atoms with van der Waals surface area (Å²) in [6.07, 6.45) is 0. The normalized spacial score (nSPS) is 11.6. The zero-order chi connectivity index (χ0) is 14.6. The monoisotopic (exact) mass is 267 g/mol. The topological polar surface area (TPSA) is 84.9 Å². The first-order chi connectivity index (χ1) is 8.90. The van der Waals surface area contributed by atoms with Gasteiger partial charge in [0.25, 0.3) is 5.91 Å². The fourth-order valence-electron chi connectivity index (χ4n) is 1.56. The highest BCUT2D eigenvalue weighted by molar-refractivity contribution is 5.98. The Balaban J connectivity index is 3.06. The third kappa shape index (κ3) is 3.37. The van der Waals surface area contributed by atoms with Crippen molar-refractivity contribution >= 4 is 11.9 Å². The molecule has 0 aliphatic rings. The standard InChI is InChI=1S/C13H17NO5/c1-7-5-10(18-3)11(19-4)6-9(7)12(15)14-8(2)13(16)17/h5-6,8H,1-4H3,(H,14,15)(H,16,17). The van der Waals surface area contributed by atoms with Crippen molar-refractivity contribution in [1.82, 2.24) is 5.32 Å². The molecule has 0 aromatic heterocycles. The number of carbonyl (C=O) groups excluding carboxylic acids is 1. The number of carbonyl (C=O) groups is 2. The molecular weight excluding hydrogens is 250 g/mol. The number of nitrogens with one attached hydrogen (secondary N) is 1. The van der Waals surface area contributed by atoms with Crippen molar-refractivity contribution in [1.29, 1.82) is 0 Å². The van der Waals surface area contributed by atoms with Crippen molar-refractivity contribution in [3.8, 4) is 11.5 Å². The molecule has 19 heavy (non-hydrogen) atoms. The molecule has 1 unspecified atom stereocenters. The first kappa shape index (κ1) is 14.8. The van der Waals surface area contributed by atoms with E-state index in [9.17, 15) is 9.59 Å². The van der Waals surface area contributed by atoms with E-state index in [0.717, 1.165) is 0 Å². The Morgan fingerprint density at radius 2 is 1.74 bits per heavy atom. The molecule has 0 aliphatic carbocycles. The number of carboxylic acids is 1. The number of carboxylic acid groups (broad SMARTS) is 1. The van der Waals surface area contributed by atoms with E-state index in [1.54, 1.807) is 13.0 Å². The zero-order valence-electron chi connectivity index (χ0n) is 11.3. The average Bonchev–Trinajstić information content (AvgIpc) is 2.37. The van der Waals surface area contributed by atoms with E-state index in [4.69, 9.17) is 14.6 Å². The summed E-state index contributed by atoms with van der Waals surface area (Å²) in [5.74, 6) is -0.621. The molecule has 104 valence electrons. The van der Waals surface area contributed by atoms with Gasteiger partial charge in [-0.15, -0.1) is 0 Å². The number of benzene rings is 1. The van der Waals surface area contributed by atoms with Gasteiger partial charge in [0.2, 0.25) is 0 Å². The Morgan fingerprint density at radius 3 is 2.21 bits per heavy atom. The molecule has 1 amide bonds. The van der Waals surface area contributed by atoms with Crippen molar-refractivity contribution in [3.63, 3.8) is 0 Å². The van der Waals surface area contributed by atoms with Crippen molar-refractivity contribution < 1.29 is 24.2 Å². The van der Waals surface area contributed by atoms with Gasteiger partial charge in [-0.25, -0.2) is 0 Å². The van der Waals surface area contributed by atoms with Gasteiger partial charge in [0.05, 0.1) is 14.2 Å². The van der Waals surface area contributed by atoms with Crippen LogP contribution < -0.4 is 14.8 Å². The molecular formula is C13H17NO5. The third-order valence-electron chi connectivity index (χ3n) is 2.69. The fraction of sp³-hybridized carbons (Fsp3) is 0.385. The Morgan fingerprint density at radius 1 is 1.21 bits per heavy atom. The van der Waals surface area contributed by atoms with E-state index in [0.29, 0.717) is 22.6 Å². The van der Waals surface area contributed by atoms with E-state index in [1.807, 2.05) is 0 Å². The lowest BCUT2D eigenvalue weighted by Crippen LogP contribution is -2.38. The number of methoxy groups -OCH3 is 2. The van der Waals surface area contributed by atoms with Crippen LogP contribution >= 0.6 is 0 Å². The lowest BCUT2D eigenvalue weighted by atomic mass is 10.1. The van der Waals surface area contributed by atoms with E-state index in [2.05, 4.69) is 5.32 Å². The van der Waals surface area contributed by atoms with Crippen LogP contribution in [0.5, 0.6) is 11.5 Å². The number of aryl methyl sites for hydroxylation is 1. The highest BCUT2D eigenvalue weighted by Gasteiger charge is 2.18. The van der Waals surface area contributed by atoms with Gasteiger partial charge in [-0.3, -0.25) is 9.59 Å². The molecule has 0 saturated carbocycles. The maximum atomic E-state index is 12.0. The maximum Gasteiger partial charge on any atom is 0.325 e. The van der Waals surface area contributed by atoms with Crippen LogP contribution in [0.4, 0.5) is 0 Å². The van der Waals surface area contributed by atoms with E-state index >= 15 is 0 Å². The van der Waals surface area contributed by atoms with Crippen LogP contribution in [0.3, 0.4) is 0 Å². The molecule has 6 nitrogen and oxygen atoms in total. The summed E-state index contributed by atoms with van der Waals surface area (Å²) in [5, 5.41) is 11.2. The van der Waals surface area contributed by atoms with Crippen LogP contribution in [-0.4, -0.2) is 37.2 Å². The second kappa shape index (κ2) is 6.08. The number of rotatable bonds is 5.